The maximum absolute atomic E-state index is 13.1. The molecular weight excluding hydrogens is 467 g/mol. The molecule has 1 aliphatic rings. The first-order valence-corrected chi connectivity index (χ1v) is 11.4. The molecule has 2 heterocycles. The van der Waals surface area contributed by atoms with E-state index in [1.54, 1.807) is 30.4 Å². The zero-order chi connectivity index (χ0) is 24.6. The second kappa shape index (κ2) is 9.09. The van der Waals surface area contributed by atoms with Gasteiger partial charge in [0.1, 0.15) is 12.3 Å². The van der Waals surface area contributed by atoms with Crippen LogP contribution in [0.5, 0.6) is 5.75 Å². The Morgan fingerprint density at radius 1 is 1.21 bits per heavy atom. The van der Waals surface area contributed by atoms with Gasteiger partial charge in [0, 0.05) is 16.1 Å². The first-order valence-electron chi connectivity index (χ1n) is 10.6. The van der Waals surface area contributed by atoms with E-state index in [0.717, 1.165) is 33.3 Å². The molecule has 34 heavy (non-hydrogen) atoms. The maximum Gasteiger partial charge on any atom is 0.416 e. The first kappa shape index (κ1) is 23.7. The number of halogens is 3. The molecule has 0 saturated heterocycles. The Morgan fingerprint density at radius 2 is 1.97 bits per heavy atom. The number of fused-ring (bicyclic) bond motifs is 1. The van der Waals surface area contributed by atoms with E-state index in [1.165, 1.54) is 17.0 Å². The minimum atomic E-state index is -4.53. The topological polar surface area (TPSA) is 71.5 Å². The van der Waals surface area contributed by atoms with E-state index in [9.17, 15) is 22.8 Å². The van der Waals surface area contributed by atoms with Crippen LogP contribution >= 0.6 is 11.3 Å². The summed E-state index contributed by atoms with van der Waals surface area (Å²) in [6.45, 7) is 5.28. The molecule has 1 N–H and O–H groups in total. The van der Waals surface area contributed by atoms with Gasteiger partial charge in [-0.1, -0.05) is 13.0 Å². The zero-order valence-corrected chi connectivity index (χ0v) is 19.5. The summed E-state index contributed by atoms with van der Waals surface area (Å²) in [6, 6.07) is 9.70. The lowest BCUT2D eigenvalue weighted by molar-refractivity contribution is -0.137. The highest BCUT2D eigenvalue weighted by atomic mass is 32.1. The van der Waals surface area contributed by atoms with Crippen molar-refractivity contribution >= 4 is 34.5 Å². The van der Waals surface area contributed by atoms with Gasteiger partial charge in [-0.3, -0.25) is 14.5 Å². The van der Waals surface area contributed by atoms with Crippen molar-refractivity contribution in [3.05, 3.63) is 57.9 Å². The number of anilines is 2. The van der Waals surface area contributed by atoms with Gasteiger partial charge in [-0.05, 0) is 56.7 Å². The van der Waals surface area contributed by atoms with Crippen molar-refractivity contribution in [3.63, 3.8) is 0 Å². The molecule has 0 aliphatic carbocycles. The van der Waals surface area contributed by atoms with Gasteiger partial charge in [-0.15, -0.1) is 11.3 Å². The van der Waals surface area contributed by atoms with Gasteiger partial charge in [-0.2, -0.15) is 13.2 Å². The number of thiazole rings is 1. The molecule has 0 spiro atoms. The van der Waals surface area contributed by atoms with Crippen molar-refractivity contribution in [2.24, 2.45) is 0 Å². The Morgan fingerprint density at radius 3 is 2.62 bits per heavy atom. The monoisotopic (exact) mass is 489 g/mol. The SMILES string of the molecule is CCC1Oc2ccc(-c3nc(C)sc3C)cc2N(CC(=O)Nc2cccc(C(F)(F)F)c2)C1=O. The second-order valence-corrected chi connectivity index (χ2v) is 9.29. The highest BCUT2D eigenvalue weighted by Crippen LogP contribution is 2.39. The lowest BCUT2D eigenvalue weighted by Gasteiger charge is -2.34. The molecule has 1 aromatic heterocycles. The van der Waals surface area contributed by atoms with Crippen molar-refractivity contribution in [3.8, 4) is 17.0 Å². The Balaban J connectivity index is 1.63. The fraction of sp³-hybridized carbons (Fsp3) is 0.292. The molecule has 4 rings (SSSR count). The number of alkyl halides is 3. The fourth-order valence-corrected chi connectivity index (χ4v) is 4.65. The van der Waals surface area contributed by atoms with Crippen LogP contribution in [-0.2, 0) is 15.8 Å². The van der Waals surface area contributed by atoms with Crippen LogP contribution in [0.2, 0.25) is 0 Å². The molecule has 0 radical (unpaired) electrons. The summed E-state index contributed by atoms with van der Waals surface area (Å²) in [4.78, 5) is 32.7. The standard InChI is InChI=1S/C24H22F3N3O3S/c1-4-19-23(32)30(12-21(31)29-17-7-5-6-16(11-17)24(25,26)27)18-10-15(8-9-20(18)33-19)22-13(2)34-14(3)28-22/h5-11,19H,4,12H2,1-3H3,(H,29,31). The van der Waals surface area contributed by atoms with Crippen molar-refractivity contribution < 1.29 is 27.5 Å². The molecule has 2 amide bonds. The highest BCUT2D eigenvalue weighted by molar-refractivity contribution is 7.11. The number of nitrogens with one attached hydrogen (secondary N) is 1. The summed E-state index contributed by atoms with van der Waals surface area (Å²) in [6.07, 6.45) is -4.89. The first-order chi connectivity index (χ1) is 16.1. The molecule has 6 nitrogen and oxygen atoms in total. The van der Waals surface area contributed by atoms with E-state index in [-0.39, 0.29) is 12.2 Å². The van der Waals surface area contributed by atoms with Crippen molar-refractivity contribution in [1.29, 1.82) is 0 Å². The molecule has 2 aromatic carbocycles. The van der Waals surface area contributed by atoms with Crippen LogP contribution in [0.1, 0.15) is 28.8 Å². The summed E-state index contributed by atoms with van der Waals surface area (Å²) in [5.41, 5.74) is 1.09. The van der Waals surface area contributed by atoms with Crippen LogP contribution in [0.15, 0.2) is 42.5 Å². The third-order valence-corrected chi connectivity index (χ3v) is 6.27. The average molecular weight is 490 g/mol. The summed E-state index contributed by atoms with van der Waals surface area (Å²) < 4.78 is 44.8. The predicted octanol–water partition coefficient (Wildman–Crippen LogP) is 5.59. The van der Waals surface area contributed by atoms with Crippen LogP contribution in [-0.4, -0.2) is 29.4 Å². The molecule has 3 aromatic rings. The molecule has 0 saturated carbocycles. The Bertz CT molecular complexity index is 1260. The van der Waals surface area contributed by atoms with E-state index < -0.39 is 29.7 Å². The molecular formula is C24H22F3N3O3S. The van der Waals surface area contributed by atoms with E-state index in [1.807, 2.05) is 19.9 Å². The number of carbonyl (C=O) groups excluding carboxylic acids is 2. The fourth-order valence-electron chi connectivity index (χ4n) is 3.81. The quantitative estimate of drug-likeness (QED) is 0.507. The number of carbonyl (C=O) groups is 2. The number of aromatic nitrogens is 1. The normalized spacial score (nSPS) is 15.6. The zero-order valence-electron chi connectivity index (χ0n) is 18.7. The summed E-state index contributed by atoms with van der Waals surface area (Å²) in [5.74, 6) is -0.564. The lowest BCUT2D eigenvalue weighted by atomic mass is 10.1. The van der Waals surface area contributed by atoms with E-state index >= 15 is 0 Å². The maximum atomic E-state index is 13.1. The van der Waals surface area contributed by atoms with Crippen molar-refractivity contribution in [2.45, 2.75) is 39.5 Å². The summed E-state index contributed by atoms with van der Waals surface area (Å²) in [5, 5.41) is 3.36. The second-order valence-electron chi connectivity index (χ2n) is 7.89. The molecule has 10 heteroatoms. The van der Waals surface area contributed by atoms with Crippen LogP contribution in [0, 0.1) is 13.8 Å². The van der Waals surface area contributed by atoms with Gasteiger partial charge in [0.2, 0.25) is 5.91 Å². The Labute approximate surface area is 198 Å². The molecule has 1 atom stereocenters. The van der Waals surface area contributed by atoms with Crippen LogP contribution in [0.25, 0.3) is 11.3 Å². The van der Waals surface area contributed by atoms with Crippen LogP contribution in [0.3, 0.4) is 0 Å². The largest absolute Gasteiger partial charge is 0.478 e. The van der Waals surface area contributed by atoms with Gasteiger partial charge in [0.05, 0.1) is 22.0 Å². The molecule has 1 aliphatic heterocycles. The molecule has 1 unspecified atom stereocenters. The summed E-state index contributed by atoms with van der Waals surface area (Å²) >= 11 is 1.55. The average Bonchev–Trinajstić information content (AvgIpc) is 3.12. The third-order valence-electron chi connectivity index (χ3n) is 5.38. The van der Waals surface area contributed by atoms with Crippen molar-refractivity contribution in [1.82, 2.24) is 4.98 Å². The van der Waals surface area contributed by atoms with Crippen molar-refractivity contribution in [2.75, 3.05) is 16.8 Å². The lowest BCUT2D eigenvalue weighted by Crippen LogP contribution is -2.48. The molecule has 0 fully saturated rings. The van der Waals surface area contributed by atoms with Gasteiger partial charge in [0.15, 0.2) is 6.10 Å². The van der Waals surface area contributed by atoms with Gasteiger partial charge < -0.3 is 10.1 Å². The van der Waals surface area contributed by atoms with Crippen LogP contribution in [0.4, 0.5) is 24.5 Å². The minimum absolute atomic E-state index is 0.00452. The number of amides is 2. The Kier molecular flexibility index (Phi) is 6.35. The number of hydrogen-bond donors (Lipinski definition) is 1. The molecule has 0 bridgehead atoms. The van der Waals surface area contributed by atoms with Gasteiger partial charge in [-0.25, -0.2) is 4.98 Å². The number of hydrogen-bond acceptors (Lipinski definition) is 5. The Hall–Kier alpha value is -3.40. The smallest absolute Gasteiger partial charge is 0.416 e. The number of rotatable bonds is 5. The van der Waals surface area contributed by atoms with E-state index in [4.69, 9.17) is 4.74 Å². The number of aryl methyl sites for hydroxylation is 2. The molecule has 178 valence electrons. The third kappa shape index (κ3) is 4.77. The van der Waals surface area contributed by atoms with E-state index in [0.29, 0.717) is 17.9 Å². The van der Waals surface area contributed by atoms with Gasteiger partial charge in [0.25, 0.3) is 5.91 Å². The highest BCUT2D eigenvalue weighted by Gasteiger charge is 2.35. The van der Waals surface area contributed by atoms with E-state index in [2.05, 4.69) is 10.3 Å². The number of nitrogens with zero attached hydrogens (tertiary/aromatic N) is 2. The van der Waals surface area contributed by atoms with Gasteiger partial charge >= 0.3 is 6.18 Å². The number of benzene rings is 2. The minimum Gasteiger partial charge on any atom is -0.478 e. The number of ether oxygens (including phenoxy) is 1. The van der Waals surface area contributed by atoms with Crippen LogP contribution < -0.4 is 15.0 Å². The summed E-state index contributed by atoms with van der Waals surface area (Å²) in [7, 11) is 0. The predicted molar refractivity (Wildman–Crippen MR) is 124 cm³/mol.